The number of nitrogens with zero attached hydrogens (tertiary/aromatic N) is 2. The van der Waals surface area contributed by atoms with E-state index in [4.69, 9.17) is 0 Å². The second-order valence-electron chi connectivity index (χ2n) is 5.16. The molecular weight excluding hydrogens is 344 g/mol. The molecule has 0 atom stereocenters. The fraction of sp³-hybridized carbons (Fsp3) is 0.600. The summed E-state index contributed by atoms with van der Waals surface area (Å²) in [6.45, 7) is 20.1. The minimum atomic E-state index is 0. The van der Waals surface area contributed by atoms with Crippen LogP contribution in [0, 0.1) is 39.8 Å². The number of aryl methyl sites for hydroxylation is 4. The first-order valence-corrected chi connectivity index (χ1v) is 8.75. The molecule has 4 nitrogen and oxygen atoms in total. The van der Waals surface area contributed by atoms with Crippen molar-refractivity contribution in [1.29, 1.82) is 0 Å². The Bertz CT molecular complexity index is 396. The molecule has 2 N–H and O–H groups in total. The quantitative estimate of drug-likeness (QED) is 0.508. The van der Waals surface area contributed by atoms with Crippen LogP contribution in [0.5, 0.6) is 0 Å². The van der Waals surface area contributed by atoms with Gasteiger partial charge in [0.15, 0.2) is 0 Å². The van der Waals surface area contributed by atoms with Crippen molar-refractivity contribution in [3.05, 3.63) is 57.7 Å². The van der Waals surface area contributed by atoms with Crippen molar-refractivity contribution < 1.29 is 21.7 Å². The van der Waals surface area contributed by atoms with Crippen LogP contribution in [0.1, 0.15) is 50.5 Å². The standard InChI is InChI=1S/2C6H8N.2C4H10N.Ti/c2*1-5-3-4-6(2)7-5;2*1-3-5-4-2;/h2*3,7H,1-2H3;2*3-4H2,1-2H3;/q4*-1;+4. The van der Waals surface area contributed by atoms with E-state index in [2.05, 4.69) is 32.7 Å². The smallest absolute Gasteiger partial charge is 0.663 e. The Morgan fingerprint density at radius 3 is 1.00 bits per heavy atom. The van der Waals surface area contributed by atoms with Gasteiger partial charge in [-0.2, -0.15) is 26.2 Å². The molecule has 2 aromatic rings. The van der Waals surface area contributed by atoms with Crippen molar-refractivity contribution in [3.8, 4) is 0 Å². The Hall–Kier alpha value is -0.806. The third-order valence-corrected chi connectivity index (χ3v) is 2.67. The molecule has 5 heteroatoms. The second kappa shape index (κ2) is 21.2. The molecule has 0 spiro atoms. The molecule has 0 fully saturated rings. The fourth-order valence-electron chi connectivity index (χ4n) is 1.62. The summed E-state index contributed by atoms with van der Waals surface area (Å²) in [5.74, 6) is 0. The van der Waals surface area contributed by atoms with Gasteiger partial charge in [-0.3, -0.25) is 0 Å². The van der Waals surface area contributed by atoms with Gasteiger partial charge in [-0.1, -0.05) is 52.9 Å². The van der Waals surface area contributed by atoms with E-state index in [0.717, 1.165) is 37.6 Å². The first-order chi connectivity index (χ1) is 11.4. The molecule has 0 aliphatic heterocycles. The summed E-state index contributed by atoms with van der Waals surface area (Å²) in [5.41, 5.74) is 4.57. The summed E-state index contributed by atoms with van der Waals surface area (Å²) in [5, 5.41) is 7.94. The molecule has 0 unspecified atom stereocenters. The predicted octanol–water partition coefficient (Wildman–Crippen LogP) is 5.66. The van der Waals surface area contributed by atoms with Crippen molar-refractivity contribution in [1.82, 2.24) is 9.97 Å². The summed E-state index contributed by atoms with van der Waals surface area (Å²) in [6.07, 6.45) is 0. The van der Waals surface area contributed by atoms with E-state index < -0.39 is 0 Å². The molecule has 0 amide bonds. The molecular formula is C20H36N4Ti. The summed E-state index contributed by atoms with van der Waals surface area (Å²) in [7, 11) is 0. The summed E-state index contributed by atoms with van der Waals surface area (Å²) >= 11 is 0. The first-order valence-electron chi connectivity index (χ1n) is 8.75. The van der Waals surface area contributed by atoms with Crippen LogP contribution in [0.3, 0.4) is 0 Å². The molecule has 0 aromatic carbocycles. The van der Waals surface area contributed by atoms with Crippen LogP contribution < -0.4 is 0 Å². The van der Waals surface area contributed by atoms with Gasteiger partial charge in [0.2, 0.25) is 0 Å². The molecule has 0 radical (unpaired) electrons. The van der Waals surface area contributed by atoms with Crippen molar-refractivity contribution in [3.63, 3.8) is 0 Å². The van der Waals surface area contributed by atoms with Gasteiger partial charge >= 0.3 is 21.7 Å². The first kappa shape index (κ1) is 29.0. The maximum absolute atomic E-state index is 3.97. The van der Waals surface area contributed by atoms with Crippen molar-refractivity contribution in [2.24, 2.45) is 0 Å². The average Bonchev–Trinajstić information content (AvgIpc) is 3.10. The molecule has 0 aliphatic rings. The molecule has 0 saturated carbocycles. The molecule has 2 aromatic heterocycles. The number of H-pyrrole nitrogens is 2. The van der Waals surface area contributed by atoms with Crippen molar-refractivity contribution in [2.45, 2.75) is 55.4 Å². The van der Waals surface area contributed by atoms with Gasteiger partial charge in [-0.25, -0.2) is 24.3 Å². The van der Waals surface area contributed by atoms with E-state index in [0.29, 0.717) is 0 Å². The Balaban J connectivity index is -0.000000259. The molecule has 0 saturated heterocycles. The predicted molar refractivity (Wildman–Crippen MR) is 107 cm³/mol. The van der Waals surface area contributed by atoms with E-state index in [1.807, 2.05) is 67.5 Å². The van der Waals surface area contributed by atoms with Gasteiger partial charge in [0, 0.05) is 0 Å². The topological polar surface area (TPSA) is 59.8 Å². The van der Waals surface area contributed by atoms with Crippen molar-refractivity contribution >= 4 is 0 Å². The van der Waals surface area contributed by atoms with Gasteiger partial charge < -0.3 is 20.6 Å². The third kappa shape index (κ3) is 23.2. The second-order valence-corrected chi connectivity index (χ2v) is 5.16. The number of aromatic amines is 2. The number of rotatable bonds is 4. The van der Waals surface area contributed by atoms with E-state index in [9.17, 15) is 0 Å². The Labute approximate surface area is 170 Å². The SMILES string of the molecule is CC[N-]CC.CC[N-]CC.Cc1[c-]cc(C)[nH]1.Cc1[c-]cc(C)[nH]1.[Ti+4]. The van der Waals surface area contributed by atoms with E-state index in [-0.39, 0.29) is 21.7 Å². The van der Waals surface area contributed by atoms with Crippen LogP contribution >= 0.6 is 0 Å². The van der Waals surface area contributed by atoms with Crippen LogP contribution in [0.25, 0.3) is 10.6 Å². The van der Waals surface area contributed by atoms with E-state index in [1.54, 1.807) is 0 Å². The fourth-order valence-corrected chi connectivity index (χ4v) is 1.62. The minimum Gasteiger partial charge on any atom is -0.663 e. The van der Waals surface area contributed by atoms with Crippen LogP contribution in [0.15, 0.2) is 12.1 Å². The average molecular weight is 380 g/mol. The Morgan fingerprint density at radius 2 is 0.960 bits per heavy atom. The molecule has 0 aliphatic carbocycles. The zero-order chi connectivity index (χ0) is 18.8. The van der Waals surface area contributed by atoms with Gasteiger partial charge in [0.05, 0.1) is 0 Å². The number of aromatic nitrogens is 2. The number of hydrogen-bond donors (Lipinski definition) is 2. The number of nitrogens with one attached hydrogen (secondary N) is 2. The van der Waals surface area contributed by atoms with Crippen LogP contribution in [-0.2, 0) is 21.7 Å². The maximum atomic E-state index is 3.97. The zero-order valence-electron chi connectivity index (χ0n) is 17.4. The molecule has 140 valence electrons. The van der Waals surface area contributed by atoms with Crippen molar-refractivity contribution in [2.75, 3.05) is 26.2 Å². The largest absolute Gasteiger partial charge is 4.00 e. The van der Waals surface area contributed by atoms with Crippen LogP contribution in [0.2, 0.25) is 0 Å². The van der Waals surface area contributed by atoms with Gasteiger partial charge in [-0.05, 0) is 13.8 Å². The Kier molecular flexibility index (Phi) is 24.6. The van der Waals surface area contributed by atoms with Crippen LogP contribution in [-0.4, -0.2) is 36.1 Å². The molecule has 2 heterocycles. The summed E-state index contributed by atoms with van der Waals surface area (Å²) < 4.78 is 0. The molecule has 0 bridgehead atoms. The minimum absolute atomic E-state index is 0. The van der Waals surface area contributed by atoms with E-state index in [1.165, 1.54) is 11.4 Å². The normalized spacial score (nSPS) is 8.64. The van der Waals surface area contributed by atoms with Crippen LogP contribution in [0.4, 0.5) is 0 Å². The summed E-state index contributed by atoms with van der Waals surface area (Å²) in [4.78, 5) is 6.17. The van der Waals surface area contributed by atoms with Gasteiger partial charge in [-0.15, -0.1) is 11.4 Å². The Morgan fingerprint density at radius 1 is 0.680 bits per heavy atom. The number of hydrogen-bond acceptors (Lipinski definition) is 0. The third-order valence-electron chi connectivity index (χ3n) is 2.67. The van der Waals surface area contributed by atoms with Gasteiger partial charge in [0.25, 0.3) is 0 Å². The maximum Gasteiger partial charge on any atom is 4.00 e. The zero-order valence-corrected chi connectivity index (χ0v) is 18.9. The molecule has 2 rings (SSSR count). The van der Waals surface area contributed by atoms with E-state index >= 15 is 0 Å². The summed E-state index contributed by atoms with van der Waals surface area (Å²) in [6, 6.07) is 9.91. The van der Waals surface area contributed by atoms with Gasteiger partial charge in [0.1, 0.15) is 0 Å². The monoisotopic (exact) mass is 380 g/mol. The molecule has 25 heavy (non-hydrogen) atoms.